The van der Waals surface area contributed by atoms with E-state index in [1.54, 1.807) is 0 Å². The monoisotopic (exact) mass is 284 g/mol. The Morgan fingerprint density at radius 3 is 2.23 bits per heavy atom. The Bertz CT molecular complexity index is 1000. The molecule has 4 rings (SSSR count). The SMILES string of the molecule is Cc1c(-c2ccc3ccccc3n2)nc2ccccc2c1C. The van der Waals surface area contributed by atoms with Crippen LogP contribution in [0, 0.1) is 13.8 Å². The number of nitrogens with zero attached hydrogens (tertiary/aromatic N) is 2. The lowest BCUT2D eigenvalue weighted by Crippen LogP contribution is -1.96. The maximum atomic E-state index is 4.85. The Hall–Kier alpha value is -2.74. The Balaban J connectivity index is 2.01. The van der Waals surface area contributed by atoms with E-state index < -0.39 is 0 Å². The van der Waals surface area contributed by atoms with Gasteiger partial charge in [0.25, 0.3) is 0 Å². The first-order valence-corrected chi connectivity index (χ1v) is 7.46. The zero-order chi connectivity index (χ0) is 15.1. The van der Waals surface area contributed by atoms with Crippen LogP contribution in [-0.2, 0) is 0 Å². The molecule has 0 radical (unpaired) electrons. The third-order valence-corrected chi connectivity index (χ3v) is 4.30. The standard InChI is InChI=1S/C20H16N2/c1-13-14(2)20(22-18-10-6-4-8-16(13)18)19-12-11-15-7-3-5-9-17(15)21-19/h3-12H,1-2H3. The van der Waals surface area contributed by atoms with Crippen LogP contribution >= 0.6 is 0 Å². The van der Waals surface area contributed by atoms with Crippen molar-refractivity contribution in [2.24, 2.45) is 0 Å². The third-order valence-electron chi connectivity index (χ3n) is 4.30. The molecule has 0 N–H and O–H groups in total. The van der Waals surface area contributed by atoms with E-state index in [0.717, 1.165) is 27.8 Å². The first-order valence-electron chi connectivity index (χ1n) is 7.46. The average molecular weight is 284 g/mol. The van der Waals surface area contributed by atoms with Crippen molar-refractivity contribution in [1.29, 1.82) is 0 Å². The predicted octanol–water partition coefficient (Wildman–Crippen LogP) is 5.07. The number of hydrogen-bond donors (Lipinski definition) is 0. The van der Waals surface area contributed by atoms with Gasteiger partial charge in [-0.15, -0.1) is 0 Å². The number of para-hydroxylation sites is 2. The Morgan fingerprint density at radius 2 is 1.36 bits per heavy atom. The van der Waals surface area contributed by atoms with Crippen LogP contribution in [0.4, 0.5) is 0 Å². The molecule has 4 aromatic rings. The van der Waals surface area contributed by atoms with Gasteiger partial charge in [-0.05, 0) is 43.2 Å². The number of aryl methyl sites for hydroxylation is 1. The summed E-state index contributed by atoms with van der Waals surface area (Å²) in [5.74, 6) is 0. The highest BCUT2D eigenvalue weighted by Crippen LogP contribution is 2.28. The molecule has 106 valence electrons. The van der Waals surface area contributed by atoms with E-state index in [4.69, 9.17) is 9.97 Å². The van der Waals surface area contributed by atoms with Gasteiger partial charge in [0.15, 0.2) is 0 Å². The van der Waals surface area contributed by atoms with Crippen molar-refractivity contribution < 1.29 is 0 Å². The van der Waals surface area contributed by atoms with Crippen molar-refractivity contribution in [2.75, 3.05) is 0 Å². The smallest absolute Gasteiger partial charge is 0.0925 e. The lowest BCUT2D eigenvalue weighted by atomic mass is 10.0. The Labute approximate surface area is 129 Å². The number of pyridine rings is 2. The van der Waals surface area contributed by atoms with Crippen molar-refractivity contribution in [1.82, 2.24) is 9.97 Å². The first-order chi connectivity index (χ1) is 10.7. The van der Waals surface area contributed by atoms with Gasteiger partial charge in [-0.1, -0.05) is 42.5 Å². The summed E-state index contributed by atoms with van der Waals surface area (Å²) in [5.41, 5.74) is 6.41. The second kappa shape index (κ2) is 4.92. The second-order valence-electron chi connectivity index (χ2n) is 5.62. The minimum Gasteiger partial charge on any atom is -0.246 e. The van der Waals surface area contributed by atoms with Crippen LogP contribution in [0.5, 0.6) is 0 Å². The zero-order valence-corrected chi connectivity index (χ0v) is 12.7. The fourth-order valence-electron chi connectivity index (χ4n) is 2.92. The van der Waals surface area contributed by atoms with E-state index in [2.05, 4.69) is 50.2 Å². The predicted molar refractivity (Wildman–Crippen MR) is 92.0 cm³/mol. The molecular weight excluding hydrogens is 268 g/mol. The summed E-state index contributed by atoms with van der Waals surface area (Å²) in [6, 6.07) is 20.6. The lowest BCUT2D eigenvalue weighted by molar-refractivity contribution is 1.24. The van der Waals surface area contributed by atoms with E-state index in [1.807, 2.05) is 24.3 Å². The highest BCUT2D eigenvalue weighted by Gasteiger charge is 2.11. The van der Waals surface area contributed by atoms with Crippen LogP contribution in [0.25, 0.3) is 33.2 Å². The van der Waals surface area contributed by atoms with Gasteiger partial charge < -0.3 is 0 Å². The highest BCUT2D eigenvalue weighted by atomic mass is 14.8. The van der Waals surface area contributed by atoms with E-state index in [0.29, 0.717) is 0 Å². The summed E-state index contributed by atoms with van der Waals surface area (Å²) in [6.45, 7) is 4.28. The quantitative estimate of drug-likeness (QED) is 0.488. The minimum absolute atomic E-state index is 0.935. The zero-order valence-electron chi connectivity index (χ0n) is 12.7. The van der Waals surface area contributed by atoms with Gasteiger partial charge >= 0.3 is 0 Å². The molecule has 0 aliphatic heterocycles. The molecular formula is C20H16N2. The fourth-order valence-corrected chi connectivity index (χ4v) is 2.92. The van der Waals surface area contributed by atoms with Crippen LogP contribution in [0.1, 0.15) is 11.1 Å². The third kappa shape index (κ3) is 1.96. The molecule has 2 heteroatoms. The summed E-state index contributed by atoms with van der Waals surface area (Å²) in [5, 5.41) is 2.37. The van der Waals surface area contributed by atoms with Gasteiger partial charge in [0, 0.05) is 10.8 Å². The maximum Gasteiger partial charge on any atom is 0.0925 e. The summed E-state index contributed by atoms with van der Waals surface area (Å²) in [6.07, 6.45) is 0. The van der Waals surface area contributed by atoms with Gasteiger partial charge in [0.1, 0.15) is 0 Å². The van der Waals surface area contributed by atoms with E-state index in [9.17, 15) is 0 Å². The number of aromatic nitrogens is 2. The summed E-state index contributed by atoms with van der Waals surface area (Å²) < 4.78 is 0. The Morgan fingerprint density at radius 1 is 0.636 bits per heavy atom. The van der Waals surface area contributed by atoms with Crippen molar-refractivity contribution in [2.45, 2.75) is 13.8 Å². The van der Waals surface area contributed by atoms with Crippen molar-refractivity contribution in [3.05, 3.63) is 71.8 Å². The number of fused-ring (bicyclic) bond motifs is 2. The van der Waals surface area contributed by atoms with Crippen LogP contribution in [0.15, 0.2) is 60.7 Å². The average Bonchev–Trinajstić information content (AvgIpc) is 2.58. The molecule has 0 aliphatic carbocycles. The molecule has 2 aromatic heterocycles. The molecule has 0 saturated carbocycles. The molecule has 0 spiro atoms. The first kappa shape index (κ1) is 13.0. The normalized spacial score (nSPS) is 11.2. The topological polar surface area (TPSA) is 25.8 Å². The van der Waals surface area contributed by atoms with Crippen LogP contribution in [-0.4, -0.2) is 9.97 Å². The molecule has 0 atom stereocenters. The second-order valence-corrected chi connectivity index (χ2v) is 5.62. The van der Waals surface area contributed by atoms with Crippen molar-refractivity contribution >= 4 is 21.8 Å². The summed E-state index contributed by atoms with van der Waals surface area (Å²) in [7, 11) is 0. The molecule has 2 nitrogen and oxygen atoms in total. The summed E-state index contributed by atoms with van der Waals surface area (Å²) in [4.78, 5) is 9.64. The molecule has 0 bridgehead atoms. The highest BCUT2D eigenvalue weighted by molar-refractivity contribution is 5.87. The molecule has 0 saturated heterocycles. The molecule has 22 heavy (non-hydrogen) atoms. The molecule has 0 fully saturated rings. The minimum atomic E-state index is 0.935. The van der Waals surface area contributed by atoms with Crippen LogP contribution in [0.2, 0.25) is 0 Å². The molecule has 0 unspecified atom stereocenters. The fraction of sp³-hybridized carbons (Fsp3) is 0.100. The molecule has 2 heterocycles. The van der Waals surface area contributed by atoms with Gasteiger partial charge in [0.05, 0.1) is 22.4 Å². The van der Waals surface area contributed by atoms with Crippen molar-refractivity contribution in [3.8, 4) is 11.4 Å². The lowest BCUT2D eigenvalue weighted by Gasteiger charge is -2.11. The number of rotatable bonds is 1. The largest absolute Gasteiger partial charge is 0.246 e. The van der Waals surface area contributed by atoms with E-state index in [-0.39, 0.29) is 0 Å². The molecule has 2 aromatic carbocycles. The van der Waals surface area contributed by atoms with Crippen LogP contribution in [0.3, 0.4) is 0 Å². The van der Waals surface area contributed by atoms with Gasteiger partial charge in [0.2, 0.25) is 0 Å². The van der Waals surface area contributed by atoms with Crippen LogP contribution < -0.4 is 0 Å². The van der Waals surface area contributed by atoms with Gasteiger partial charge in [-0.3, -0.25) is 0 Å². The molecule has 0 aliphatic rings. The maximum absolute atomic E-state index is 4.85. The van der Waals surface area contributed by atoms with Crippen molar-refractivity contribution in [3.63, 3.8) is 0 Å². The number of benzene rings is 2. The van der Waals surface area contributed by atoms with Gasteiger partial charge in [-0.25, -0.2) is 9.97 Å². The van der Waals surface area contributed by atoms with E-state index in [1.165, 1.54) is 16.5 Å². The Kier molecular flexibility index (Phi) is 2.90. The van der Waals surface area contributed by atoms with Gasteiger partial charge in [-0.2, -0.15) is 0 Å². The summed E-state index contributed by atoms with van der Waals surface area (Å²) >= 11 is 0. The van der Waals surface area contributed by atoms with E-state index >= 15 is 0 Å². The number of hydrogen-bond acceptors (Lipinski definition) is 2. The molecule has 0 amide bonds.